The van der Waals surface area contributed by atoms with Gasteiger partial charge in [0.2, 0.25) is 0 Å². The molecule has 1 aromatic heterocycles. The van der Waals surface area contributed by atoms with Crippen LogP contribution in [0.15, 0.2) is 24.3 Å². The normalized spacial score (nSPS) is 18.8. The second kappa shape index (κ2) is 11.1. The van der Waals surface area contributed by atoms with E-state index in [2.05, 4.69) is 22.5 Å². The maximum atomic E-state index is 12.6. The zero-order valence-corrected chi connectivity index (χ0v) is 18.4. The van der Waals surface area contributed by atoms with Gasteiger partial charge in [-0.05, 0) is 57.5 Å². The van der Waals surface area contributed by atoms with Crippen molar-refractivity contribution in [3.63, 3.8) is 0 Å². The predicted octanol–water partition coefficient (Wildman–Crippen LogP) is 4.40. The van der Waals surface area contributed by atoms with Crippen LogP contribution in [0.1, 0.15) is 40.1 Å². The number of carbonyl (C=O) groups excluding carboxylic acids is 1. The van der Waals surface area contributed by atoms with Gasteiger partial charge in [0.25, 0.3) is 5.91 Å². The number of thiazole rings is 1. The fourth-order valence-electron chi connectivity index (χ4n) is 2.88. The highest BCUT2D eigenvalue weighted by Crippen LogP contribution is 2.22. The molecule has 150 valence electrons. The van der Waals surface area contributed by atoms with E-state index in [0.29, 0.717) is 22.5 Å². The Balaban J connectivity index is 0.00000182. The molecule has 1 aromatic carbocycles. The summed E-state index contributed by atoms with van der Waals surface area (Å²) < 4.78 is 5.71. The maximum absolute atomic E-state index is 12.6. The molecule has 0 bridgehead atoms. The zero-order chi connectivity index (χ0) is 17.8. The van der Waals surface area contributed by atoms with Gasteiger partial charge in [0.1, 0.15) is 22.2 Å². The molecule has 2 N–H and O–H groups in total. The fraction of sp³-hybridized carbons (Fsp3) is 0.444. The zero-order valence-electron chi connectivity index (χ0n) is 15.2. The van der Waals surface area contributed by atoms with Crippen molar-refractivity contribution in [3.05, 3.63) is 44.9 Å². The minimum Gasteiger partial charge on any atom is -0.486 e. The monoisotopic (exact) mass is 451 g/mol. The highest BCUT2D eigenvalue weighted by atomic mass is 35.5. The van der Waals surface area contributed by atoms with Crippen LogP contribution in [0.25, 0.3) is 0 Å². The van der Waals surface area contributed by atoms with E-state index in [4.69, 9.17) is 16.3 Å². The largest absolute Gasteiger partial charge is 0.486 e. The smallest absolute Gasteiger partial charge is 0.263 e. The van der Waals surface area contributed by atoms with Crippen molar-refractivity contribution in [1.82, 2.24) is 15.6 Å². The van der Waals surface area contributed by atoms with Gasteiger partial charge in [-0.1, -0.05) is 11.6 Å². The number of nitrogens with one attached hydrogen (secondary N) is 2. The summed E-state index contributed by atoms with van der Waals surface area (Å²) in [5, 5.41) is 7.98. The molecule has 2 unspecified atom stereocenters. The second-order valence-electron chi connectivity index (χ2n) is 6.23. The highest BCUT2D eigenvalue weighted by molar-refractivity contribution is 7.13. The number of nitrogens with zero attached hydrogens (tertiary/aromatic N) is 1. The number of piperidine rings is 1. The first-order valence-corrected chi connectivity index (χ1v) is 9.61. The lowest BCUT2D eigenvalue weighted by atomic mass is 10.00. The molecule has 3 rings (SSSR count). The standard InChI is InChI=1S/C18H22ClN3O2S.2ClH/c1-11-15(4-3-9-20-11)22-18(23)17-12(2)21-16(25-17)10-24-14-7-5-13(19)6-8-14;;/h5-8,11,15,20H,3-4,9-10H2,1-2H3,(H,22,23);2*1H. The molecule has 0 radical (unpaired) electrons. The van der Waals surface area contributed by atoms with Crippen molar-refractivity contribution in [2.45, 2.75) is 45.4 Å². The van der Waals surface area contributed by atoms with Crippen molar-refractivity contribution in [1.29, 1.82) is 0 Å². The highest BCUT2D eigenvalue weighted by Gasteiger charge is 2.24. The summed E-state index contributed by atoms with van der Waals surface area (Å²) in [5.41, 5.74) is 0.744. The minimum atomic E-state index is -0.0479. The molecular weight excluding hydrogens is 429 g/mol. The third-order valence-corrected chi connectivity index (χ3v) is 5.68. The van der Waals surface area contributed by atoms with E-state index in [-0.39, 0.29) is 36.8 Å². The fourth-order valence-corrected chi connectivity index (χ4v) is 3.88. The van der Waals surface area contributed by atoms with Crippen LogP contribution in [-0.4, -0.2) is 29.5 Å². The van der Waals surface area contributed by atoms with Gasteiger partial charge in [0.05, 0.1) is 5.69 Å². The quantitative estimate of drug-likeness (QED) is 0.706. The van der Waals surface area contributed by atoms with Crippen molar-refractivity contribution in [2.24, 2.45) is 0 Å². The number of aromatic nitrogens is 1. The average molecular weight is 453 g/mol. The molecule has 1 saturated heterocycles. The lowest BCUT2D eigenvalue weighted by molar-refractivity contribution is 0.0923. The summed E-state index contributed by atoms with van der Waals surface area (Å²) >= 11 is 7.25. The van der Waals surface area contributed by atoms with Crippen molar-refractivity contribution in [3.8, 4) is 5.75 Å². The number of aryl methyl sites for hydroxylation is 1. The van der Waals surface area contributed by atoms with Crippen LogP contribution >= 0.6 is 47.8 Å². The summed E-state index contributed by atoms with van der Waals surface area (Å²) in [5.74, 6) is 0.679. The van der Waals surface area contributed by atoms with Crippen molar-refractivity contribution >= 4 is 53.7 Å². The number of ether oxygens (including phenoxy) is 1. The number of carbonyl (C=O) groups is 1. The molecule has 5 nitrogen and oxygen atoms in total. The minimum absolute atomic E-state index is 0. The van der Waals surface area contributed by atoms with Gasteiger partial charge in [-0.15, -0.1) is 36.2 Å². The summed E-state index contributed by atoms with van der Waals surface area (Å²) in [6.07, 6.45) is 2.08. The summed E-state index contributed by atoms with van der Waals surface area (Å²) in [6.45, 7) is 5.32. The number of halogens is 3. The van der Waals surface area contributed by atoms with E-state index in [1.54, 1.807) is 12.1 Å². The molecule has 2 aromatic rings. The van der Waals surface area contributed by atoms with Gasteiger partial charge in [0, 0.05) is 17.1 Å². The molecule has 0 spiro atoms. The molecule has 0 saturated carbocycles. The lowest BCUT2D eigenvalue weighted by Gasteiger charge is -2.30. The summed E-state index contributed by atoms with van der Waals surface area (Å²) in [7, 11) is 0. The maximum Gasteiger partial charge on any atom is 0.263 e. The Morgan fingerprint density at radius 2 is 2.07 bits per heavy atom. The van der Waals surface area contributed by atoms with E-state index in [1.165, 1.54) is 11.3 Å². The molecular formula is C18H24Cl3N3O2S. The summed E-state index contributed by atoms with van der Waals surface area (Å²) in [6, 6.07) is 7.64. The lowest BCUT2D eigenvalue weighted by Crippen LogP contribution is -2.51. The van der Waals surface area contributed by atoms with Gasteiger partial charge >= 0.3 is 0 Å². The summed E-state index contributed by atoms with van der Waals surface area (Å²) in [4.78, 5) is 17.7. The SMILES string of the molecule is Cc1nc(COc2ccc(Cl)cc2)sc1C(=O)NC1CCCNC1C.Cl.Cl. The Bertz CT molecular complexity index is 740. The molecule has 27 heavy (non-hydrogen) atoms. The van der Waals surface area contributed by atoms with E-state index >= 15 is 0 Å². The third kappa shape index (κ3) is 6.50. The van der Waals surface area contributed by atoms with Crippen LogP contribution < -0.4 is 15.4 Å². The van der Waals surface area contributed by atoms with E-state index in [9.17, 15) is 4.79 Å². The Kier molecular flexibility index (Phi) is 9.84. The van der Waals surface area contributed by atoms with Crippen molar-refractivity contribution < 1.29 is 9.53 Å². The second-order valence-corrected chi connectivity index (χ2v) is 7.75. The van der Waals surface area contributed by atoms with Crippen LogP contribution in [-0.2, 0) is 6.61 Å². The molecule has 1 aliphatic rings. The first-order valence-electron chi connectivity index (χ1n) is 8.42. The molecule has 1 amide bonds. The van der Waals surface area contributed by atoms with E-state index < -0.39 is 0 Å². The van der Waals surface area contributed by atoms with Gasteiger partial charge in [-0.2, -0.15) is 0 Å². The van der Waals surface area contributed by atoms with Gasteiger partial charge < -0.3 is 15.4 Å². The third-order valence-electron chi connectivity index (χ3n) is 4.30. The predicted molar refractivity (Wildman–Crippen MR) is 115 cm³/mol. The van der Waals surface area contributed by atoms with Crippen molar-refractivity contribution in [2.75, 3.05) is 6.54 Å². The number of hydrogen-bond acceptors (Lipinski definition) is 5. The molecule has 1 fully saturated rings. The van der Waals surface area contributed by atoms with E-state index in [0.717, 1.165) is 35.8 Å². The Labute approximate surface area is 181 Å². The Hall–Kier alpha value is -1.05. The number of amides is 1. The van der Waals surface area contributed by atoms with Crippen LogP contribution in [0.5, 0.6) is 5.75 Å². The van der Waals surface area contributed by atoms with Crippen LogP contribution in [0, 0.1) is 6.92 Å². The average Bonchev–Trinajstić information content (AvgIpc) is 2.97. The topological polar surface area (TPSA) is 63.2 Å². The first-order chi connectivity index (χ1) is 12.0. The number of hydrogen-bond donors (Lipinski definition) is 2. The molecule has 1 aliphatic heterocycles. The van der Waals surface area contributed by atoms with Crippen LogP contribution in [0.4, 0.5) is 0 Å². The molecule has 0 aliphatic carbocycles. The van der Waals surface area contributed by atoms with Gasteiger partial charge in [-0.25, -0.2) is 4.98 Å². The van der Waals surface area contributed by atoms with Crippen LogP contribution in [0.3, 0.4) is 0 Å². The number of rotatable bonds is 5. The Morgan fingerprint density at radius 3 is 2.74 bits per heavy atom. The molecule has 2 atom stereocenters. The molecule has 9 heteroatoms. The Morgan fingerprint density at radius 1 is 1.37 bits per heavy atom. The van der Waals surface area contributed by atoms with Gasteiger partial charge in [-0.3, -0.25) is 4.79 Å². The van der Waals surface area contributed by atoms with Gasteiger partial charge in [0.15, 0.2) is 0 Å². The molecule has 2 heterocycles. The first kappa shape index (κ1) is 24.0. The number of benzene rings is 1. The van der Waals surface area contributed by atoms with Crippen LogP contribution in [0.2, 0.25) is 5.02 Å². The van der Waals surface area contributed by atoms with E-state index in [1.807, 2.05) is 19.1 Å².